The molecule has 1 amide bonds. The third-order valence-electron chi connectivity index (χ3n) is 5.31. The molecule has 3 saturated heterocycles. The van der Waals surface area contributed by atoms with Gasteiger partial charge in [-0.25, -0.2) is 8.42 Å². The van der Waals surface area contributed by atoms with Crippen LogP contribution < -0.4 is 10.0 Å². The highest BCUT2D eigenvalue weighted by molar-refractivity contribution is 7.92. The highest BCUT2D eigenvalue weighted by atomic mass is 32.2. The van der Waals surface area contributed by atoms with Crippen LogP contribution in [0.15, 0.2) is 18.2 Å². The first-order valence-electron chi connectivity index (χ1n) is 8.88. The minimum absolute atomic E-state index is 0.0148. The van der Waals surface area contributed by atoms with Crippen LogP contribution in [0.4, 0.5) is 5.69 Å². The molecule has 2 aromatic rings. The van der Waals surface area contributed by atoms with Crippen molar-refractivity contribution in [3.8, 4) is 0 Å². The lowest BCUT2D eigenvalue weighted by molar-refractivity contribution is 0.0619. The number of sulfonamides is 1. The number of nitrogens with zero attached hydrogens (tertiary/aromatic N) is 2. The van der Waals surface area contributed by atoms with Gasteiger partial charge in [0.05, 0.1) is 10.5 Å². The number of fused-ring (bicyclic) bond motifs is 4. The number of benzene rings is 1. The van der Waals surface area contributed by atoms with Crippen LogP contribution >= 0.6 is 11.5 Å². The van der Waals surface area contributed by atoms with Crippen LogP contribution in [0.3, 0.4) is 0 Å². The maximum atomic E-state index is 12.7. The highest BCUT2D eigenvalue weighted by Crippen LogP contribution is 2.29. The number of hydrogen-bond acceptors (Lipinski definition) is 6. The van der Waals surface area contributed by atoms with Crippen molar-refractivity contribution in [2.75, 3.05) is 30.1 Å². The van der Waals surface area contributed by atoms with E-state index in [-0.39, 0.29) is 17.7 Å². The zero-order chi connectivity index (χ0) is 18.3. The van der Waals surface area contributed by atoms with Crippen molar-refractivity contribution in [3.63, 3.8) is 0 Å². The SMILES string of the molecule is CCS(=O)(=O)Nc1ccc2c(C(=O)N[C@H]3CN4CCC3CC4)nsc2c1. The number of aromatic nitrogens is 1. The van der Waals surface area contributed by atoms with Crippen LogP contribution in [0.2, 0.25) is 0 Å². The van der Waals surface area contributed by atoms with Crippen LogP contribution in [0.25, 0.3) is 10.1 Å². The fourth-order valence-corrected chi connectivity index (χ4v) is 5.23. The van der Waals surface area contributed by atoms with E-state index in [9.17, 15) is 13.2 Å². The number of rotatable bonds is 5. The van der Waals surface area contributed by atoms with Gasteiger partial charge in [-0.15, -0.1) is 0 Å². The Kier molecular flexibility index (Phi) is 4.62. The summed E-state index contributed by atoms with van der Waals surface area (Å²) in [6.07, 6.45) is 2.29. The third kappa shape index (κ3) is 3.43. The van der Waals surface area contributed by atoms with E-state index in [1.807, 2.05) is 0 Å². The second kappa shape index (κ2) is 6.79. The predicted octanol–water partition coefficient (Wildman–Crippen LogP) is 1.88. The monoisotopic (exact) mass is 394 g/mol. The standard InChI is InChI=1S/C17H22N4O3S2/c1-2-26(23,24)20-12-3-4-13-15(9-12)25-19-16(13)17(22)18-14-10-21-7-5-11(14)6-8-21/h3-4,9,11,14,20H,2,5-8,10H2,1H3,(H,18,22)/t14-/m0/s1. The van der Waals surface area contributed by atoms with E-state index in [4.69, 9.17) is 0 Å². The molecule has 0 aliphatic carbocycles. The maximum Gasteiger partial charge on any atom is 0.271 e. The molecule has 7 nitrogen and oxygen atoms in total. The van der Waals surface area contributed by atoms with E-state index in [2.05, 4.69) is 19.3 Å². The van der Waals surface area contributed by atoms with Gasteiger partial charge in [0.2, 0.25) is 10.0 Å². The van der Waals surface area contributed by atoms with Crippen LogP contribution in [-0.2, 0) is 10.0 Å². The molecular weight excluding hydrogens is 372 g/mol. The molecule has 1 aromatic heterocycles. The number of amides is 1. The van der Waals surface area contributed by atoms with E-state index in [1.165, 1.54) is 11.5 Å². The first-order chi connectivity index (χ1) is 12.4. The van der Waals surface area contributed by atoms with Gasteiger partial charge in [-0.05, 0) is 68.5 Å². The van der Waals surface area contributed by atoms with E-state index in [0.29, 0.717) is 17.3 Å². The predicted molar refractivity (Wildman–Crippen MR) is 103 cm³/mol. The summed E-state index contributed by atoms with van der Waals surface area (Å²) in [5, 5.41) is 3.92. The first-order valence-corrected chi connectivity index (χ1v) is 11.3. The van der Waals surface area contributed by atoms with Crippen molar-refractivity contribution in [2.45, 2.75) is 25.8 Å². The van der Waals surface area contributed by atoms with Crippen molar-refractivity contribution in [1.29, 1.82) is 0 Å². The number of anilines is 1. The normalized spacial score (nSPS) is 25.3. The average molecular weight is 395 g/mol. The lowest BCUT2D eigenvalue weighted by atomic mass is 9.84. The summed E-state index contributed by atoms with van der Waals surface area (Å²) >= 11 is 1.21. The van der Waals surface area contributed by atoms with Gasteiger partial charge < -0.3 is 10.2 Å². The first kappa shape index (κ1) is 17.7. The molecule has 3 fully saturated rings. The second-order valence-electron chi connectivity index (χ2n) is 6.97. The van der Waals surface area contributed by atoms with Crippen molar-refractivity contribution >= 4 is 43.2 Å². The lowest BCUT2D eigenvalue weighted by Crippen LogP contribution is -2.57. The largest absolute Gasteiger partial charge is 0.346 e. The van der Waals surface area contributed by atoms with Gasteiger partial charge in [0, 0.05) is 23.7 Å². The highest BCUT2D eigenvalue weighted by Gasteiger charge is 2.35. The number of nitrogens with one attached hydrogen (secondary N) is 2. The van der Waals surface area contributed by atoms with Gasteiger partial charge in [0.1, 0.15) is 5.69 Å². The molecule has 3 aliphatic rings. The topological polar surface area (TPSA) is 91.4 Å². The molecule has 0 saturated carbocycles. The van der Waals surface area contributed by atoms with Crippen molar-refractivity contribution in [3.05, 3.63) is 23.9 Å². The Morgan fingerprint density at radius 1 is 1.35 bits per heavy atom. The molecule has 0 spiro atoms. The molecule has 9 heteroatoms. The van der Waals surface area contributed by atoms with Crippen LogP contribution in [-0.4, -0.2) is 55.0 Å². The molecule has 2 N–H and O–H groups in total. The van der Waals surface area contributed by atoms with Gasteiger partial charge in [-0.1, -0.05) is 0 Å². The summed E-state index contributed by atoms with van der Waals surface area (Å²) in [7, 11) is -3.32. The molecule has 0 radical (unpaired) electrons. The van der Waals surface area contributed by atoms with Crippen molar-refractivity contribution in [2.24, 2.45) is 5.92 Å². The summed E-state index contributed by atoms with van der Waals surface area (Å²) in [5.41, 5.74) is 0.915. The van der Waals surface area contributed by atoms with E-state index in [0.717, 1.165) is 42.6 Å². The molecular formula is C17H22N4O3S2. The molecule has 140 valence electrons. The van der Waals surface area contributed by atoms with Crippen molar-refractivity contribution < 1.29 is 13.2 Å². The Morgan fingerprint density at radius 2 is 2.12 bits per heavy atom. The van der Waals surface area contributed by atoms with Gasteiger partial charge in [0.15, 0.2) is 0 Å². The van der Waals surface area contributed by atoms with Gasteiger partial charge in [0.25, 0.3) is 5.91 Å². The van der Waals surface area contributed by atoms with E-state index >= 15 is 0 Å². The Hall–Kier alpha value is -1.71. The number of piperidine rings is 3. The third-order valence-corrected chi connectivity index (χ3v) is 7.43. The molecule has 4 heterocycles. The fraction of sp³-hybridized carbons (Fsp3) is 0.529. The average Bonchev–Trinajstić information content (AvgIpc) is 3.06. The van der Waals surface area contributed by atoms with E-state index in [1.54, 1.807) is 25.1 Å². The summed E-state index contributed by atoms with van der Waals surface area (Å²) in [6, 6.07) is 5.36. The van der Waals surface area contributed by atoms with Crippen LogP contribution in [0.1, 0.15) is 30.3 Å². The minimum atomic E-state index is -3.32. The zero-order valence-corrected chi connectivity index (χ0v) is 16.2. The molecule has 2 bridgehead atoms. The summed E-state index contributed by atoms with van der Waals surface area (Å²) in [5.74, 6) is 0.432. The van der Waals surface area contributed by atoms with Crippen LogP contribution in [0, 0.1) is 5.92 Å². The van der Waals surface area contributed by atoms with Crippen molar-refractivity contribution in [1.82, 2.24) is 14.6 Å². The molecule has 1 atom stereocenters. The molecule has 5 rings (SSSR count). The fourth-order valence-electron chi connectivity index (χ4n) is 3.78. The minimum Gasteiger partial charge on any atom is -0.346 e. The quantitative estimate of drug-likeness (QED) is 0.808. The lowest BCUT2D eigenvalue weighted by Gasteiger charge is -2.44. The summed E-state index contributed by atoms with van der Waals surface area (Å²) < 4.78 is 31.1. The van der Waals surface area contributed by atoms with E-state index < -0.39 is 10.0 Å². The number of hydrogen-bond donors (Lipinski definition) is 2. The Morgan fingerprint density at radius 3 is 2.77 bits per heavy atom. The van der Waals surface area contributed by atoms with Gasteiger partial charge >= 0.3 is 0 Å². The Balaban J connectivity index is 1.52. The Labute approximate surface area is 157 Å². The van der Waals surface area contributed by atoms with Crippen LogP contribution in [0.5, 0.6) is 0 Å². The summed E-state index contributed by atoms with van der Waals surface area (Å²) in [4.78, 5) is 15.1. The van der Waals surface area contributed by atoms with Gasteiger partial charge in [-0.3, -0.25) is 9.52 Å². The second-order valence-corrected chi connectivity index (χ2v) is 9.78. The molecule has 0 unspecified atom stereocenters. The number of carbonyl (C=O) groups excluding carboxylic acids is 1. The zero-order valence-electron chi connectivity index (χ0n) is 14.6. The smallest absolute Gasteiger partial charge is 0.271 e. The Bertz CT molecular complexity index is 933. The molecule has 26 heavy (non-hydrogen) atoms. The summed E-state index contributed by atoms with van der Waals surface area (Å²) in [6.45, 7) is 4.77. The maximum absolute atomic E-state index is 12.7. The number of carbonyl (C=O) groups is 1. The molecule has 1 aromatic carbocycles. The van der Waals surface area contributed by atoms with Gasteiger partial charge in [-0.2, -0.15) is 4.37 Å². The molecule has 3 aliphatic heterocycles.